The minimum Gasteiger partial charge on any atom is -0.354 e. The predicted molar refractivity (Wildman–Crippen MR) is 147 cm³/mol. The third-order valence-electron chi connectivity index (χ3n) is 10.7. The number of halogens is 3. The number of alkyl halides is 3. The van der Waals surface area contributed by atoms with Crippen molar-refractivity contribution in [3.05, 3.63) is 53.1 Å². The van der Waals surface area contributed by atoms with Crippen LogP contribution < -0.4 is 10.6 Å². The van der Waals surface area contributed by atoms with E-state index in [1.165, 1.54) is 29.9 Å². The zero-order chi connectivity index (χ0) is 28.7. The zero-order valence-corrected chi connectivity index (χ0v) is 23.3. The van der Waals surface area contributed by atoms with Crippen molar-refractivity contribution in [1.29, 1.82) is 0 Å². The summed E-state index contributed by atoms with van der Waals surface area (Å²) < 4.78 is 38.1. The Labute approximate surface area is 234 Å². The molecule has 0 aromatic heterocycles. The summed E-state index contributed by atoms with van der Waals surface area (Å²) in [5.74, 6) is 1.64. The van der Waals surface area contributed by atoms with Crippen LogP contribution in [0.5, 0.6) is 0 Å². The Balaban J connectivity index is 1.11. The summed E-state index contributed by atoms with van der Waals surface area (Å²) in [5.41, 5.74) is 1.21. The van der Waals surface area contributed by atoms with Gasteiger partial charge in [0.1, 0.15) is 0 Å². The standard InChI is InChI=1S/C32H39F3N2O3/c1-30-15-13-23(38)19-22(30)8-9-24-25-10-11-27(31(25,2)16-14-26(24)30)29(40)37-18-17-36-28(39)12-5-20-3-6-21(7-4-20)32(33,34)35/h3-7,12,19,24-27H,8-11,13-18H2,1-2H3,(H,36,39)(H,37,40)/b12-5+/t24-,25-,26-,27+,30-,31-/m0/s1. The maximum atomic E-state index is 13.3. The Hall–Kier alpha value is -2.90. The molecular formula is C32H39F3N2O3. The van der Waals surface area contributed by atoms with E-state index >= 15 is 0 Å². The molecule has 0 radical (unpaired) electrons. The summed E-state index contributed by atoms with van der Waals surface area (Å²) in [6.45, 7) is 5.27. The molecule has 0 heterocycles. The highest BCUT2D eigenvalue weighted by atomic mass is 19.4. The lowest BCUT2D eigenvalue weighted by Gasteiger charge is -2.58. The van der Waals surface area contributed by atoms with Gasteiger partial charge in [-0.25, -0.2) is 0 Å². The summed E-state index contributed by atoms with van der Waals surface area (Å²) >= 11 is 0. The molecule has 1 aromatic carbocycles. The summed E-state index contributed by atoms with van der Waals surface area (Å²) in [6.07, 6.45) is 8.07. The molecule has 0 unspecified atom stereocenters. The van der Waals surface area contributed by atoms with E-state index in [9.17, 15) is 27.6 Å². The van der Waals surface area contributed by atoms with Crippen molar-refractivity contribution in [1.82, 2.24) is 10.6 Å². The fourth-order valence-electron chi connectivity index (χ4n) is 8.50. The molecule has 6 atom stereocenters. The molecule has 3 saturated carbocycles. The molecule has 2 N–H and O–H groups in total. The van der Waals surface area contributed by atoms with Crippen molar-refractivity contribution in [2.24, 2.45) is 34.5 Å². The number of hydrogen-bond donors (Lipinski definition) is 2. The molecule has 8 heteroatoms. The van der Waals surface area contributed by atoms with Crippen molar-refractivity contribution >= 4 is 23.7 Å². The molecular weight excluding hydrogens is 517 g/mol. The first-order valence-electron chi connectivity index (χ1n) is 14.6. The van der Waals surface area contributed by atoms with Gasteiger partial charge in [0.2, 0.25) is 11.8 Å². The van der Waals surface area contributed by atoms with E-state index in [0.717, 1.165) is 57.1 Å². The van der Waals surface area contributed by atoms with Crippen LogP contribution in [0, 0.1) is 34.5 Å². The van der Waals surface area contributed by atoms with E-state index in [2.05, 4.69) is 24.5 Å². The molecule has 4 aliphatic carbocycles. The van der Waals surface area contributed by atoms with Crippen LogP contribution in [0.3, 0.4) is 0 Å². The maximum absolute atomic E-state index is 13.3. The fraction of sp³-hybridized carbons (Fsp3) is 0.594. The number of fused-ring (bicyclic) bond motifs is 5. The molecule has 0 aliphatic heterocycles. The van der Waals surface area contributed by atoms with E-state index in [-0.39, 0.29) is 40.9 Å². The van der Waals surface area contributed by atoms with Crippen LogP contribution >= 0.6 is 0 Å². The highest BCUT2D eigenvalue weighted by molar-refractivity contribution is 5.92. The predicted octanol–water partition coefficient (Wildman–Crippen LogP) is 6.10. The van der Waals surface area contributed by atoms with Crippen LogP contribution in [0.4, 0.5) is 13.2 Å². The molecule has 4 aliphatic rings. The number of ketones is 1. The number of amides is 2. The summed E-state index contributed by atoms with van der Waals surface area (Å²) in [5, 5.41) is 5.75. The van der Waals surface area contributed by atoms with Crippen LogP contribution in [0.2, 0.25) is 0 Å². The number of nitrogens with one attached hydrogen (secondary N) is 2. The average molecular weight is 557 g/mol. The molecule has 5 rings (SSSR count). The molecule has 0 spiro atoms. The van der Waals surface area contributed by atoms with Gasteiger partial charge in [0.25, 0.3) is 0 Å². The second-order valence-corrected chi connectivity index (χ2v) is 12.7. The van der Waals surface area contributed by atoms with Gasteiger partial charge in [-0.3, -0.25) is 14.4 Å². The van der Waals surface area contributed by atoms with E-state index in [0.29, 0.717) is 36.3 Å². The summed E-state index contributed by atoms with van der Waals surface area (Å²) in [4.78, 5) is 37.5. The van der Waals surface area contributed by atoms with E-state index in [1.54, 1.807) is 0 Å². The van der Waals surface area contributed by atoms with Gasteiger partial charge in [-0.1, -0.05) is 31.6 Å². The molecule has 40 heavy (non-hydrogen) atoms. The van der Waals surface area contributed by atoms with Crippen LogP contribution in [-0.2, 0) is 20.6 Å². The summed E-state index contributed by atoms with van der Waals surface area (Å²) in [7, 11) is 0. The van der Waals surface area contributed by atoms with Gasteiger partial charge < -0.3 is 10.6 Å². The second-order valence-electron chi connectivity index (χ2n) is 12.7. The highest BCUT2D eigenvalue weighted by Crippen LogP contribution is 2.66. The van der Waals surface area contributed by atoms with E-state index in [1.807, 2.05) is 6.08 Å². The monoisotopic (exact) mass is 556 g/mol. The Morgan fingerprint density at radius 2 is 1.68 bits per heavy atom. The zero-order valence-electron chi connectivity index (χ0n) is 23.3. The van der Waals surface area contributed by atoms with Gasteiger partial charge in [-0.05, 0) is 103 Å². The largest absolute Gasteiger partial charge is 0.416 e. The highest BCUT2D eigenvalue weighted by Gasteiger charge is 2.60. The Morgan fingerprint density at radius 3 is 2.40 bits per heavy atom. The minimum absolute atomic E-state index is 0.0268. The van der Waals surface area contributed by atoms with E-state index < -0.39 is 11.7 Å². The number of carbonyl (C=O) groups is 3. The number of rotatable bonds is 6. The first-order chi connectivity index (χ1) is 18.9. The van der Waals surface area contributed by atoms with Crippen LogP contribution in [0.25, 0.3) is 6.08 Å². The maximum Gasteiger partial charge on any atom is 0.416 e. The van der Waals surface area contributed by atoms with Crippen LogP contribution in [0.15, 0.2) is 42.0 Å². The normalized spacial score (nSPS) is 33.5. The number of benzene rings is 1. The van der Waals surface area contributed by atoms with Gasteiger partial charge in [-0.2, -0.15) is 13.2 Å². The second kappa shape index (κ2) is 10.8. The molecule has 1 aromatic rings. The fourth-order valence-corrected chi connectivity index (χ4v) is 8.50. The van der Waals surface area contributed by atoms with Gasteiger partial charge in [0.05, 0.1) is 5.56 Å². The van der Waals surface area contributed by atoms with Crippen molar-refractivity contribution in [2.75, 3.05) is 13.1 Å². The van der Waals surface area contributed by atoms with Crippen LogP contribution in [-0.4, -0.2) is 30.7 Å². The van der Waals surface area contributed by atoms with Gasteiger partial charge in [0.15, 0.2) is 5.78 Å². The number of hydrogen-bond acceptors (Lipinski definition) is 3. The number of carbonyl (C=O) groups excluding carboxylic acids is 3. The third kappa shape index (κ3) is 5.38. The molecule has 0 saturated heterocycles. The Kier molecular flexibility index (Phi) is 7.75. The smallest absolute Gasteiger partial charge is 0.354 e. The molecule has 3 fully saturated rings. The van der Waals surface area contributed by atoms with Crippen molar-refractivity contribution in [3.63, 3.8) is 0 Å². The lowest BCUT2D eigenvalue weighted by Crippen LogP contribution is -2.52. The summed E-state index contributed by atoms with van der Waals surface area (Å²) in [6, 6.07) is 4.59. The lowest BCUT2D eigenvalue weighted by atomic mass is 9.47. The molecule has 216 valence electrons. The van der Waals surface area contributed by atoms with E-state index in [4.69, 9.17) is 0 Å². The van der Waals surface area contributed by atoms with Crippen molar-refractivity contribution in [3.8, 4) is 0 Å². The third-order valence-corrected chi connectivity index (χ3v) is 10.7. The van der Waals surface area contributed by atoms with Crippen molar-refractivity contribution in [2.45, 2.75) is 71.4 Å². The molecule has 0 bridgehead atoms. The first-order valence-corrected chi connectivity index (χ1v) is 14.6. The van der Waals surface area contributed by atoms with Gasteiger partial charge in [-0.15, -0.1) is 0 Å². The topological polar surface area (TPSA) is 75.3 Å². The van der Waals surface area contributed by atoms with Gasteiger partial charge in [0, 0.05) is 31.5 Å². The Bertz CT molecular complexity index is 1220. The Morgan fingerprint density at radius 1 is 0.950 bits per heavy atom. The SMILES string of the molecule is C[C@]12CC[C@H]3[C@@H](CCC4=CC(=O)CC[C@@]43C)[C@@H]1CC[C@@H]2C(=O)NCCNC(=O)/C=C/c1ccc(C(F)(F)F)cc1. The van der Waals surface area contributed by atoms with Crippen molar-refractivity contribution < 1.29 is 27.6 Å². The molecule has 5 nitrogen and oxygen atoms in total. The lowest BCUT2D eigenvalue weighted by molar-refractivity contribution is -0.137. The van der Waals surface area contributed by atoms with Gasteiger partial charge >= 0.3 is 6.18 Å². The molecule has 2 amide bonds. The average Bonchev–Trinajstić information content (AvgIpc) is 3.27. The number of allylic oxidation sites excluding steroid dienone is 1. The minimum atomic E-state index is -4.40. The van der Waals surface area contributed by atoms with Crippen LogP contribution in [0.1, 0.15) is 76.3 Å². The first kappa shape index (κ1) is 28.6. The quantitative estimate of drug-likeness (QED) is 0.329.